The van der Waals surface area contributed by atoms with Crippen molar-refractivity contribution in [1.29, 1.82) is 0 Å². The Morgan fingerprint density at radius 3 is 2.38 bits per heavy atom. The van der Waals surface area contributed by atoms with Crippen LogP contribution in [0.2, 0.25) is 0 Å². The molecule has 1 aliphatic carbocycles. The quantitative estimate of drug-likeness (QED) is 0.397. The van der Waals surface area contributed by atoms with Crippen LogP contribution in [-0.4, -0.2) is 35.4 Å². The number of rotatable bonds is 10. The maximum Gasteiger partial charge on any atom is 0.261 e. The van der Waals surface area contributed by atoms with Crippen molar-refractivity contribution in [1.82, 2.24) is 10.2 Å². The van der Waals surface area contributed by atoms with Gasteiger partial charge in [-0.3, -0.25) is 9.59 Å². The first-order chi connectivity index (χ1) is 17.9. The van der Waals surface area contributed by atoms with Crippen molar-refractivity contribution in [2.75, 3.05) is 6.61 Å². The van der Waals surface area contributed by atoms with Crippen LogP contribution < -0.4 is 10.1 Å². The molecular formula is C31H35FN2O3. The smallest absolute Gasteiger partial charge is 0.261 e. The maximum absolute atomic E-state index is 14.7. The molecule has 194 valence electrons. The van der Waals surface area contributed by atoms with Gasteiger partial charge in [0.05, 0.1) is 0 Å². The third kappa shape index (κ3) is 7.19. The van der Waals surface area contributed by atoms with Crippen LogP contribution in [0.3, 0.4) is 0 Å². The first-order valence-corrected chi connectivity index (χ1v) is 13.0. The molecule has 37 heavy (non-hydrogen) atoms. The fraction of sp³-hybridized carbons (Fsp3) is 0.355. The van der Waals surface area contributed by atoms with Crippen molar-refractivity contribution in [3.63, 3.8) is 0 Å². The molecule has 0 aromatic heterocycles. The minimum atomic E-state index is -0.807. The van der Waals surface area contributed by atoms with Gasteiger partial charge in [0, 0.05) is 24.6 Å². The molecule has 3 aromatic carbocycles. The number of benzene rings is 3. The highest BCUT2D eigenvalue weighted by atomic mass is 19.1. The van der Waals surface area contributed by atoms with Gasteiger partial charge in [-0.25, -0.2) is 4.39 Å². The van der Waals surface area contributed by atoms with Crippen LogP contribution in [-0.2, 0) is 22.6 Å². The molecule has 1 atom stereocenters. The Bertz CT molecular complexity index is 1210. The molecule has 0 saturated heterocycles. The Kier molecular flexibility index (Phi) is 8.94. The zero-order valence-electron chi connectivity index (χ0n) is 21.6. The summed E-state index contributed by atoms with van der Waals surface area (Å²) in [7, 11) is 0. The number of halogens is 1. The summed E-state index contributed by atoms with van der Waals surface area (Å²) in [5.74, 6) is -0.419. The second-order valence-electron chi connectivity index (χ2n) is 9.84. The normalized spacial score (nSPS) is 14.2. The van der Waals surface area contributed by atoms with Crippen molar-refractivity contribution in [2.45, 2.75) is 64.6 Å². The molecule has 0 radical (unpaired) electrons. The zero-order chi connectivity index (χ0) is 26.2. The van der Waals surface area contributed by atoms with Gasteiger partial charge in [0.25, 0.3) is 5.91 Å². The largest absolute Gasteiger partial charge is 0.484 e. The van der Waals surface area contributed by atoms with Crippen LogP contribution in [0, 0.1) is 19.7 Å². The number of carbonyl (C=O) groups excluding carboxylic acids is 2. The van der Waals surface area contributed by atoms with E-state index < -0.39 is 11.9 Å². The third-order valence-electron chi connectivity index (χ3n) is 7.11. The predicted octanol–water partition coefficient (Wildman–Crippen LogP) is 5.52. The fourth-order valence-corrected chi connectivity index (χ4v) is 4.76. The lowest BCUT2D eigenvalue weighted by Crippen LogP contribution is -2.53. The van der Waals surface area contributed by atoms with Gasteiger partial charge in [0.1, 0.15) is 17.6 Å². The van der Waals surface area contributed by atoms with E-state index in [9.17, 15) is 14.0 Å². The number of amides is 2. The summed E-state index contributed by atoms with van der Waals surface area (Å²) in [6, 6.07) is 20.9. The number of nitrogens with one attached hydrogen (secondary N) is 1. The second-order valence-corrected chi connectivity index (χ2v) is 9.84. The van der Waals surface area contributed by atoms with Gasteiger partial charge >= 0.3 is 0 Å². The number of aryl methyl sites for hydroxylation is 2. The fourth-order valence-electron chi connectivity index (χ4n) is 4.76. The summed E-state index contributed by atoms with van der Waals surface area (Å²) in [6.07, 6.45) is 4.34. The monoisotopic (exact) mass is 502 g/mol. The van der Waals surface area contributed by atoms with Gasteiger partial charge < -0.3 is 15.0 Å². The number of nitrogens with zero attached hydrogens (tertiary/aromatic N) is 1. The summed E-state index contributed by atoms with van der Waals surface area (Å²) < 4.78 is 20.5. The first kappa shape index (κ1) is 26.4. The lowest BCUT2D eigenvalue weighted by molar-refractivity contribution is -0.143. The summed E-state index contributed by atoms with van der Waals surface area (Å²) in [5, 5.41) is 3.16. The van der Waals surface area contributed by atoms with Gasteiger partial charge in [-0.05, 0) is 61.6 Å². The van der Waals surface area contributed by atoms with E-state index in [2.05, 4.69) is 5.32 Å². The zero-order valence-corrected chi connectivity index (χ0v) is 21.6. The van der Waals surface area contributed by atoms with E-state index in [-0.39, 0.29) is 31.0 Å². The first-order valence-electron chi connectivity index (χ1n) is 13.0. The Morgan fingerprint density at radius 1 is 0.973 bits per heavy atom. The van der Waals surface area contributed by atoms with Gasteiger partial charge in [0.2, 0.25) is 5.91 Å². The van der Waals surface area contributed by atoms with Crippen molar-refractivity contribution in [3.8, 4) is 5.75 Å². The van der Waals surface area contributed by atoms with Crippen LogP contribution in [0.1, 0.15) is 47.9 Å². The molecule has 3 aromatic rings. The minimum Gasteiger partial charge on any atom is -0.484 e. The molecule has 0 spiro atoms. The Hall–Kier alpha value is -3.67. The van der Waals surface area contributed by atoms with E-state index in [0.717, 1.165) is 42.4 Å². The van der Waals surface area contributed by atoms with Crippen LogP contribution in [0.25, 0.3) is 0 Å². The standard InChI is InChI=1S/C31H35FN2O3/c1-22-16-17-27(18-23(22)2)37-21-30(35)34(20-25-12-6-9-15-28(25)32)29(19-24-10-4-3-5-11-24)31(36)33-26-13-7-8-14-26/h3-6,9-12,15-18,26,29H,7-8,13-14,19-21H2,1-2H3,(H,33,36). The average molecular weight is 503 g/mol. The maximum atomic E-state index is 14.7. The highest BCUT2D eigenvalue weighted by Crippen LogP contribution is 2.21. The van der Waals surface area contributed by atoms with Crippen LogP contribution in [0.15, 0.2) is 72.8 Å². The van der Waals surface area contributed by atoms with E-state index in [1.807, 2.05) is 62.4 Å². The Labute approximate surface area is 218 Å². The van der Waals surface area contributed by atoms with Crippen molar-refractivity contribution >= 4 is 11.8 Å². The van der Waals surface area contributed by atoms with Gasteiger partial charge in [0.15, 0.2) is 6.61 Å². The van der Waals surface area contributed by atoms with E-state index in [1.165, 1.54) is 11.0 Å². The van der Waals surface area contributed by atoms with Crippen LogP contribution in [0.4, 0.5) is 4.39 Å². The molecular weight excluding hydrogens is 467 g/mol. The molecule has 0 bridgehead atoms. The van der Waals surface area contributed by atoms with E-state index in [4.69, 9.17) is 4.74 Å². The lowest BCUT2D eigenvalue weighted by atomic mass is 10.0. The molecule has 4 rings (SSSR count). The molecule has 0 heterocycles. The second kappa shape index (κ2) is 12.5. The topological polar surface area (TPSA) is 58.6 Å². The third-order valence-corrected chi connectivity index (χ3v) is 7.11. The van der Waals surface area contributed by atoms with Crippen LogP contribution >= 0.6 is 0 Å². The summed E-state index contributed by atoms with van der Waals surface area (Å²) in [4.78, 5) is 28.8. The minimum absolute atomic E-state index is 0.0304. The highest BCUT2D eigenvalue weighted by Gasteiger charge is 2.32. The molecule has 1 unspecified atom stereocenters. The van der Waals surface area contributed by atoms with E-state index >= 15 is 0 Å². The van der Waals surface area contributed by atoms with Crippen molar-refractivity contribution in [2.24, 2.45) is 0 Å². The summed E-state index contributed by atoms with van der Waals surface area (Å²) in [5.41, 5.74) is 3.47. The molecule has 5 nitrogen and oxygen atoms in total. The molecule has 1 saturated carbocycles. The Morgan fingerprint density at radius 2 is 1.68 bits per heavy atom. The number of ether oxygens (including phenoxy) is 1. The predicted molar refractivity (Wildman–Crippen MR) is 143 cm³/mol. The number of hydrogen-bond acceptors (Lipinski definition) is 3. The number of carbonyl (C=O) groups is 2. The lowest BCUT2D eigenvalue weighted by Gasteiger charge is -2.32. The molecule has 0 aliphatic heterocycles. The van der Waals surface area contributed by atoms with Crippen molar-refractivity contribution in [3.05, 3.63) is 101 Å². The Balaban J connectivity index is 1.62. The molecule has 1 fully saturated rings. The summed E-state index contributed by atoms with van der Waals surface area (Å²) in [6.45, 7) is 3.71. The summed E-state index contributed by atoms with van der Waals surface area (Å²) >= 11 is 0. The van der Waals surface area contributed by atoms with Gasteiger partial charge in [-0.1, -0.05) is 67.4 Å². The van der Waals surface area contributed by atoms with Gasteiger partial charge in [-0.15, -0.1) is 0 Å². The van der Waals surface area contributed by atoms with E-state index in [0.29, 0.717) is 17.7 Å². The molecule has 6 heteroatoms. The number of hydrogen-bond donors (Lipinski definition) is 1. The molecule has 2 amide bonds. The highest BCUT2D eigenvalue weighted by molar-refractivity contribution is 5.88. The average Bonchev–Trinajstić information content (AvgIpc) is 3.41. The van der Waals surface area contributed by atoms with E-state index in [1.54, 1.807) is 18.2 Å². The SMILES string of the molecule is Cc1ccc(OCC(=O)N(Cc2ccccc2F)C(Cc2ccccc2)C(=O)NC2CCCC2)cc1C. The van der Waals surface area contributed by atoms with Crippen molar-refractivity contribution < 1.29 is 18.7 Å². The molecule has 1 N–H and O–H groups in total. The van der Waals surface area contributed by atoms with Crippen LogP contribution in [0.5, 0.6) is 5.75 Å². The van der Waals surface area contributed by atoms with Gasteiger partial charge in [-0.2, -0.15) is 0 Å². The molecule has 1 aliphatic rings.